The molecule has 3 rings (SSSR count). The first-order chi connectivity index (χ1) is 8.78. The molecule has 0 bridgehead atoms. The van der Waals surface area contributed by atoms with Crippen molar-refractivity contribution >= 4 is 33.2 Å². The summed E-state index contributed by atoms with van der Waals surface area (Å²) < 4.78 is 5.37. The third kappa shape index (κ3) is 2.25. The van der Waals surface area contributed by atoms with Gasteiger partial charge < -0.3 is 4.74 Å². The highest BCUT2D eigenvalue weighted by molar-refractivity contribution is 7.18. The van der Waals surface area contributed by atoms with Crippen molar-refractivity contribution in [1.29, 1.82) is 0 Å². The minimum absolute atomic E-state index is 0.396. The van der Waals surface area contributed by atoms with E-state index in [2.05, 4.69) is 18.0 Å². The summed E-state index contributed by atoms with van der Waals surface area (Å²) in [5, 5.41) is 1.59. The van der Waals surface area contributed by atoms with E-state index in [0.29, 0.717) is 11.1 Å². The van der Waals surface area contributed by atoms with E-state index in [0.717, 1.165) is 48.5 Å². The fraction of sp³-hybridized carbons (Fsp3) is 0.538. The summed E-state index contributed by atoms with van der Waals surface area (Å²) in [6.45, 7) is 3.74. The molecule has 3 heterocycles. The van der Waals surface area contributed by atoms with Crippen molar-refractivity contribution in [3.05, 3.63) is 21.9 Å². The molecule has 96 valence electrons. The lowest BCUT2D eigenvalue weighted by molar-refractivity contribution is 0.0836. The van der Waals surface area contributed by atoms with Gasteiger partial charge in [-0.2, -0.15) is 0 Å². The maximum absolute atomic E-state index is 6.28. The Kier molecular flexibility index (Phi) is 3.50. The largest absolute Gasteiger partial charge is 0.381 e. The molecule has 1 saturated heterocycles. The van der Waals surface area contributed by atoms with Crippen molar-refractivity contribution < 1.29 is 4.74 Å². The molecule has 0 atom stereocenters. The van der Waals surface area contributed by atoms with Gasteiger partial charge in [-0.1, -0.05) is 18.5 Å². The van der Waals surface area contributed by atoms with Crippen LogP contribution in [0.25, 0.3) is 10.2 Å². The van der Waals surface area contributed by atoms with Crippen LogP contribution in [0.15, 0.2) is 6.07 Å². The van der Waals surface area contributed by atoms with Crippen molar-refractivity contribution in [3.8, 4) is 0 Å². The predicted molar refractivity (Wildman–Crippen MR) is 74.6 cm³/mol. The van der Waals surface area contributed by atoms with Gasteiger partial charge in [0.05, 0.1) is 0 Å². The van der Waals surface area contributed by atoms with Gasteiger partial charge in [0.1, 0.15) is 15.8 Å². The zero-order valence-electron chi connectivity index (χ0n) is 10.3. The Morgan fingerprint density at radius 3 is 2.89 bits per heavy atom. The van der Waals surface area contributed by atoms with Crippen molar-refractivity contribution in [2.45, 2.75) is 32.1 Å². The first-order valence-electron chi connectivity index (χ1n) is 6.31. The fourth-order valence-corrected chi connectivity index (χ4v) is 3.53. The van der Waals surface area contributed by atoms with Gasteiger partial charge in [-0.05, 0) is 25.3 Å². The molecule has 2 aromatic heterocycles. The molecule has 0 aliphatic carbocycles. The third-order valence-corrected chi connectivity index (χ3v) is 4.81. The van der Waals surface area contributed by atoms with E-state index in [1.54, 1.807) is 11.3 Å². The van der Waals surface area contributed by atoms with Crippen LogP contribution in [0.5, 0.6) is 0 Å². The lowest BCUT2D eigenvalue weighted by Crippen LogP contribution is -2.16. The van der Waals surface area contributed by atoms with Gasteiger partial charge >= 0.3 is 0 Å². The summed E-state index contributed by atoms with van der Waals surface area (Å²) in [5.41, 5.74) is 0. The van der Waals surface area contributed by atoms with E-state index in [-0.39, 0.29) is 0 Å². The second-order valence-electron chi connectivity index (χ2n) is 4.54. The molecule has 0 N–H and O–H groups in total. The smallest absolute Gasteiger partial charge is 0.141 e. The van der Waals surface area contributed by atoms with Crippen LogP contribution >= 0.6 is 22.9 Å². The van der Waals surface area contributed by atoms with Crippen molar-refractivity contribution in [2.75, 3.05) is 13.2 Å². The van der Waals surface area contributed by atoms with E-state index in [4.69, 9.17) is 21.3 Å². The molecule has 1 aliphatic rings. The average molecular weight is 283 g/mol. The number of thiophene rings is 1. The Morgan fingerprint density at radius 2 is 2.17 bits per heavy atom. The molecule has 0 aromatic carbocycles. The molecular weight excluding hydrogens is 268 g/mol. The second kappa shape index (κ2) is 5.11. The average Bonchev–Trinajstić information content (AvgIpc) is 2.83. The molecule has 5 heteroatoms. The van der Waals surface area contributed by atoms with Crippen LogP contribution in [0.3, 0.4) is 0 Å². The Hall–Kier alpha value is -0.710. The Labute approximate surface area is 115 Å². The second-order valence-corrected chi connectivity index (χ2v) is 6.02. The van der Waals surface area contributed by atoms with E-state index in [9.17, 15) is 0 Å². The highest BCUT2D eigenvalue weighted by atomic mass is 35.5. The highest BCUT2D eigenvalue weighted by Gasteiger charge is 2.20. The minimum atomic E-state index is 0.396. The van der Waals surface area contributed by atoms with E-state index in [1.807, 2.05) is 0 Å². The number of aryl methyl sites for hydroxylation is 1. The Bertz CT molecular complexity index is 563. The first kappa shape index (κ1) is 12.3. The van der Waals surface area contributed by atoms with Crippen LogP contribution in [0.1, 0.15) is 36.4 Å². The summed E-state index contributed by atoms with van der Waals surface area (Å²) in [7, 11) is 0. The molecule has 3 nitrogen and oxygen atoms in total. The van der Waals surface area contributed by atoms with Gasteiger partial charge in [0.25, 0.3) is 0 Å². The van der Waals surface area contributed by atoms with Crippen molar-refractivity contribution in [1.82, 2.24) is 9.97 Å². The standard InChI is InChI=1S/C13H15ClN2OS/c1-2-9-7-10-11(14)15-12(16-13(10)18-9)8-3-5-17-6-4-8/h7-8H,2-6H2,1H3. The van der Waals surface area contributed by atoms with Crippen LogP contribution in [-0.4, -0.2) is 23.2 Å². The van der Waals surface area contributed by atoms with Gasteiger partial charge in [0.15, 0.2) is 0 Å². The van der Waals surface area contributed by atoms with Gasteiger partial charge in [0.2, 0.25) is 0 Å². The highest BCUT2D eigenvalue weighted by Crippen LogP contribution is 2.32. The molecule has 0 spiro atoms. The number of hydrogen-bond donors (Lipinski definition) is 0. The predicted octanol–water partition coefficient (Wildman–Crippen LogP) is 3.80. The molecule has 1 fully saturated rings. The summed E-state index contributed by atoms with van der Waals surface area (Å²) in [6, 6.07) is 2.11. The zero-order chi connectivity index (χ0) is 12.5. The number of halogens is 1. The maximum Gasteiger partial charge on any atom is 0.141 e. The molecule has 18 heavy (non-hydrogen) atoms. The molecule has 0 amide bonds. The quantitative estimate of drug-likeness (QED) is 0.786. The first-order valence-corrected chi connectivity index (χ1v) is 7.51. The summed E-state index contributed by atoms with van der Waals surface area (Å²) in [4.78, 5) is 11.5. The monoisotopic (exact) mass is 282 g/mol. The van der Waals surface area contributed by atoms with Crippen molar-refractivity contribution in [3.63, 3.8) is 0 Å². The van der Waals surface area contributed by atoms with Crippen LogP contribution < -0.4 is 0 Å². The number of fused-ring (bicyclic) bond motifs is 1. The summed E-state index contributed by atoms with van der Waals surface area (Å²) in [5.74, 6) is 1.29. The molecule has 1 aliphatic heterocycles. The zero-order valence-corrected chi connectivity index (χ0v) is 11.9. The molecule has 0 unspecified atom stereocenters. The van der Waals surface area contributed by atoms with Crippen LogP contribution in [0.2, 0.25) is 5.15 Å². The Balaban J connectivity index is 2.02. The van der Waals surface area contributed by atoms with Crippen LogP contribution in [0.4, 0.5) is 0 Å². The SMILES string of the molecule is CCc1cc2c(Cl)nc(C3CCOCC3)nc2s1. The third-order valence-electron chi connectivity index (χ3n) is 3.35. The lowest BCUT2D eigenvalue weighted by atomic mass is 9.99. The normalized spacial score (nSPS) is 17.4. The number of nitrogens with zero attached hydrogens (tertiary/aromatic N) is 2. The molecular formula is C13H15ClN2OS. The van der Waals surface area contributed by atoms with Gasteiger partial charge in [-0.25, -0.2) is 9.97 Å². The lowest BCUT2D eigenvalue weighted by Gasteiger charge is -2.20. The molecule has 2 aromatic rings. The topological polar surface area (TPSA) is 35.0 Å². The summed E-state index contributed by atoms with van der Waals surface area (Å²) in [6.07, 6.45) is 3.01. The van der Waals surface area contributed by atoms with Gasteiger partial charge in [-0.3, -0.25) is 0 Å². The summed E-state index contributed by atoms with van der Waals surface area (Å²) >= 11 is 8.00. The molecule has 0 radical (unpaired) electrons. The van der Waals surface area contributed by atoms with Crippen molar-refractivity contribution in [2.24, 2.45) is 0 Å². The number of ether oxygens (including phenoxy) is 1. The van der Waals surface area contributed by atoms with E-state index < -0.39 is 0 Å². The number of rotatable bonds is 2. The maximum atomic E-state index is 6.28. The van der Waals surface area contributed by atoms with Gasteiger partial charge in [-0.15, -0.1) is 11.3 Å². The fourth-order valence-electron chi connectivity index (χ4n) is 2.26. The Morgan fingerprint density at radius 1 is 1.39 bits per heavy atom. The molecule has 0 saturated carbocycles. The van der Waals surface area contributed by atoms with E-state index in [1.165, 1.54) is 4.88 Å². The van der Waals surface area contributed by atoms with Crippen LogP contribution in [-0.2, 0) is 11.2 Å². The number of hydrogen-bond acceptors (Lipinski definition) is 4. The van der Waals surface area contributed by atoms with Crippen LogP contribution in [0, 0.1) is 0 Å². The van der Waals surface area contributed by atoms with E-state index >= 15 is 0 Å². The minimum Gasteiger partial charge on any atom is -0.381 e. The van der Waals surface area contributed by atoms with Gasteiger partial charge in [0, 0.05) is 29.4 Å². The number of aromatic nitrogens is 2.